The van der Waals surface area contributed by atoms with E-state index >= 15 is 0 Å². The van der Waals surface area contributed by atoms with E-state index in [1.165, 1.54) is 12.5 Å². The predicted octanol–water partition coefficient (Wildman–Crippen LogP) is 2.11. The molecule has 4 heteroatoms. The zero-order valence-corrected chi connectivity index (χ0v) is 11.2. The van der Waals surface area contributed by atoms with Crippen molar-refractivity contribution in [2.75, 3.05) is 6.54 Å². The molecule has 1 N–H and O–H groups in total. The molecule has 19 heavy (non-hydrogen) atoms. The molecule has 1 fully saturated rings. The molecule has 0 radical (unpaired) electrons. The molecule has 1 aromatic rings. The van der Waals surface area contributed by atoms with Crippen molar-refractivity contribution in [2.24, 2.45) is 5.92 Å². The molecule has 3 atom stereocenters. The molecule has 0 saturated carbocycles. The van der Waals surface area contributed by atoms with Crippen molar-refractivity contribution in [1.29, 1.82) is 0 Å². The van der Waals surface area contributed by atoms with Crippen LogP contribution in [0, 0.1) is 5.92 Å². The zero-order valence-electron chi connectivity index (χ0n) is 11.2. The molecule has 1 heterocycles. The second-order valence-electron chi connectivity index (χ2n) is 5.14. The van der Waals surface area contributed by atoms with Crippen LogP contribution in [0.3, 0.4) is 0 Å². The first-order valence-corrected chi connectivity index (χ1v) is 6.60. The van der Waals surface area contributed by atoms with Gasteiger partial charge >= 0.3 is 5.97 Å². The Morgan fingerprint density at radius 3 is 2.53 bits per heavy atom. The number of carbonyl (C=O) groups is 2. The number of carboxylic acids is 1. The Labute approximate surface area is 113 Å². The topological polar surface area (TPSA) is 57.6 Å². The number of nitrogens with zero attached hydrogens (tertiary/aromatic N) is 1. The Hall–Kier alpha value is -1.84. The lowest BCUT2D eigenvalue weighted by Crippen LogP contribution is -2.41. The van der Waals surface area contributed by atoms with Crippen molar-refractivity contribution >= 4 is 11.9 Å². The summed E-state index contributed by atoms with van der Waals surface area (Å²) in [7, 11) is 0. The van der Waals surface area contributed by atoms with E-state index in [1.807, 2.05) is 25.1 Å². The van der Waals surface area contributed by atoms with Crippen LogP contribution in [0.4, 0.5) is 0 Å². The summed E-state index contributed by atoms with van der Waals surface area (Å²) < 4.78 is 0. The zero-order chi connectivity index (χ0) is 14.0. The van der Waals surface area contributed by atoms with Gasteiger partial charge in [0, 0.05) is 18.5 Å². The molecule has 0 aliphatic carbocycles. The first-order valence-electron chi connectivity index (χ1n) is 6.60. The normalized spacial score (nSPS) is 24.2. The molecule has 2 rings (SSSR count). The summed E-state index contributed by atoms with van der Waals surface area (Å²) in [6, 6.07) is 10.1. The lowest BCUT2D eigenvalue weighted by atomic mass is 9.92. The number of likely N-dealkylation sites (tertiary alicyclic amines) is 1. The van der Waals surface area contributed by atoms with Crippen molar-refractivity contribution in [3.05, 3.63) is 35.9 Å². The van der Waals surface area contributed by atoms with Crippen LogP contribution < -0.4 is 0 Å². The number of carboxylic acid groups (broad SMARTS) is 1. The van der Waals surface area contributed by atoms with Gasteiger partial charge in [0.05, 0.1) is 0 Å². The van der Waals surface area contributed by atoms with Crippen LogP contribution >= 0.6 is 0 Å². The van der Waals surface area contributed by atoms with Gasteiger partial charge in [0.2, 0.25) is 5.91 Å². The summed E-state index contributed by atoms with van der Waals surface area (Å²) in [5.41, 5.74) is 1.22. The molecule has 1 aliphatic rings. The van der Waals surface area contributed by atoms with Crippen molar-refractivity contribution < 1.29 is 14.7 Å². The largest absolute Gasteiger partial charge is 0.481 e. The second-order valence-corrected chi connectivity index (χ2v) is 5.14. The van der Waals surface area contributed by atoms with E-state index in [2.05, 4.69) is 12.1 Å². The fourth-order valence-electron chi connectivity index (χ4n) is 2.75. The Kier molecular flexibility index (Phi) is 3.88. The fraction of sp³-hybridized carbons (Fsp3) is 0.467. The first kappa shape index (κ1) is 13.6. The van der Waals surface area contributed by atoms with E-state index in [0.717, 1.165) is 6.42 Å². The molecule has 102 valence electrons. The Morgan fingerprint density at radius 2 is 1.95 bits per heavy atom. The van der Waals surface area contributed by atoms with E-state index < -0.39 is 11.9 Å². The molecule has 0 aromatic heterocycles. The molecule has 1 saturated heterocycles. The highest BCUT2D eigenvalue weighted by atomic mass is 16.4. The molecule has 1 amide bonds. The summed E-state index contributed by atoms with van der Waals surface area (Å²) >= 11 is 0. The predicted molar refractivity (Wildman–Crippen MR) is 71.8 cm³/mol. The van der Waals surface area contributed by atoms with E-state index in [0.29, 0.717) is 12.5 Å². The van der Waals surface area contributed by atoms with Crippen molar-refractivity contribution in [1.82, 2.24) is 4.90 Å². The number of amides is 1. The summed E-state index contributed by atoms with van der Waals surface area (Å²) in [6.45, 7) is 4.08. The number of aliphatic carboxylic acids is 1. The Morgan fingerprint density at radius 1 is 1.32 bits per heavy atom. The third-order valence-corrected chi connectivity index (χ3v) is 4.01. The molecule has 0 bridgehead atoms. The minimum absolute atomic E-state index is 0.0525. The lowest BCUT2D eigenvalue weighted by molar-refractivity contribution is -0.150. The molecule has 0 spiro atoms. The quantitative estimate of drug-likeness (QED) is 0.848. The van der Waals surface area contributed by atoms with Gasteiger partial charge in [-0.1, -0.05) is 30.3 Å². The van der Waals surface area contributed by atoms with Crippen LogP contribution in [-0.2, 0) is 9.59 Å². The highest BCUT2D eigenvalue weighted by Crippen LogP contribution is 2.33. The maximum atomic E-state index is 12.1. The van der Waals surface area contributed by atoms with Gasteiger partial charge in [-0.15, -0.1) is 0 Å². The molecular formula is C15H19NO3. The van der Waals surface area contributed by atoms with Gasteiger partial charge in [-0.25, -0.2) is 0 Å². The summed E-state index contributed by atoms with van der Waals surface area (Å²) in [5, 5.41) is 8.93. The number of hydrogen-bond donors (Lipinski definition) is 1. The third-order valence-electron chi connectivity index (χ3n) is 4.01. The number of carbonyl (C=O) groups excluding carboxylic acids is 1. The van der Waals surface area contributed by atoms with Crippen LogP contribution in [0.5, 0.6) is 0 Å². The van der Waals surface area contributed by atoms with Gasteiger partial charge < -0.3 is 10.0 Å². The Balaban J connectivity index is 2.12. The summed E-state index contributed by atoms with van der Waals surface area (Å²) in [4.78, 5) is 24.7. The van der Waals surface area contributed by atoms with Gasteiger partial charge in [-0.05, 0) is 25.8 Å². The molecule has 1 aromatic carbocycles. The molecule has 1 aliphatic heterocycles. The average molecular weight is 261 g/mol. The fourth-order valence-corrected chi connectivity index (χ4v) is 2.75. The van der Waals surface area contributed by atoms with Crippen LogP contribution in [0.15, 0.2) is 30.3 Å². The van der Waals surface area contributed by atoms with E-state index in [4.69, 9.17) is 5.11 Å². The number of benzene rings is 1. The van der Waals surface area contributed by atoms with Crippen LogP contribution in [0.2, 0.25) is 0 Å². The molecular weight excluding hydrogens is 242 g/mol. The van der Waals surface area contributed by atoms with Crippen LogP contribution in [-0.4, -0.2) is 34.5 Å². The van der Waals surface area contributed by atoms with Crippen molar-refractivity contribution in [3.8, 4) is 0 Å². The smallest absolute Gasteiger partial charge is 0.315 e. The van der Waals surface area contributed by atoms with Crippen LogP contribution in [0.1, 0.15) is 31.7 Å². The van der Waals surface area contributed by atoms with E-state index in [9.17, 15) is 9.59 Å². The SMILES string of the molecule is CC(C(=O)O)C(=O)N1CCC(c2ccccc2)C1C. The third kappa shape index (κ3) is 2.62. The maximum absolute atomic E-state index is 12.1. The monoisotopic (exact) mass is 261 g/mol. The van der Waals surface area contributed by atoms with Crippen molar-refractivity contribution in [3.63, 3.8) is 0 Å². The van der Waals surface area contributed by atoms with E-state index in [1.54, 1.807) is 4.90 Å². The maximum Gasteiger partial charge on any atom is 0.315 e. The number of rotatable bonds is 3. The highest BCUT2D eigenvalue weighted by Gasteiger charge is 2.37. The van der Waals surface area contributed by atoms with E-state index in [-0.39, 0.29) is 11.9 Å². The lowest BCUT2D eigenvalue weighted by Gasteiger charge is -2.26. The summed E-state index contributed by atoms with van der Waals surface area (Å²) in [5.74, 6) is -2.00. The molecule has 3 unspecified atom stereocenters. The van der Waals surface area contributed by atoms with Gasteiger partial charge in [0.1, 0.15) is 5.92 Å². The second kappa shape index (κ2) is 5.43. The minimum Gasteiger partial charge on any atom is -0.481 e. The van der Waals surface area contributed by atoms with Crippen molar-refractivity contribution in [2.45, 2.75) is 32.2 Å². The first-order chi connectivity index (χ1) is 9.02. The number of hydrogen-bond acceptors (Lipinski definition) is 2. The Bertz CT molecular complexity index is 472. The van der Waals surface area contributed by atoms with Gasteiger partial charge in [0.25, 0.3) is 0 Å². The highest BCUT2D eigenvalue weighted by molar-refractivity contribution is 5.96. The van der Waals surface area contributed by atoms with Gasteiger partial charge in [-0.2, -0.15) is 0 Å². The van der Waals surface area contributed by atoms with Crippen LogP contribution in [0.25, 0.3) is 0 Å². The molecule has 4 nitrogen and oxygen atoms in total. The standard InChI is InChI=1S/C15H19NO3/c1-10(15(18)19)14(17)16-9-8-13(11(16)2)12-6-4-3-5-7-12/h3-7,10-11,13H,8-9H2,1-2H3,(H,18,19). The van der Waals surface area contributed by atoms with Gasteiger partial charge in [0.15, 0.2) is 0 Å². The van der Waals surface area contributed by atoms with Gasteiger partial charge in [-0.3, -0.25) is 9.59 Å². The average Bonchev–Trinajstić information content (AvgIpc) is 2.79. The summed E-state index contributed by atoms with van der Waals surface area (Å²) in [6.07, 6.45) is 0.892. The minimum atomic E-state index is -1.06.